The van der Waals surface area contributed by atoms with E-state index in [9.17, 15) is 4.79 Å². The first-order chi connectivity index (χ1) is 4.51. The lowest BCUT2D eigenvalue weighted by Crippen LogP contribution is -2.40. The van der Waals surface area contributed by atoms with E-state index in [1.54, 1.807) is 0 Å². The molecule has 0 aromatic heterocycles. The Hall–Kier alpha value is 0.110. The molecule has 1 atom stereocenters. The van der Waals surface area contributed by atoms with Crippen LogP contribution in [-0.2, 0) is 9.53 Å². The van der Waals surface area contributed by atoms with Crippen LogP contribution >= 0.6 is 15.9 Å². The average molecular weight is 207 g/mol. The van der Waals surface area contributed by atoms with Gasteiger partial charge in [0.2, 0.25) is 0 Å². The largest absolute Gasteiger partial charge is 0.373 e. The summed E-state index contributed by atoms with van der Waals surface area (Å²) in [6.07, 6.45) is 0.517. The van der Waals surface area contributed by atoms with E-state index in [1.165, 1.54) is 0 Å². The molecule has 0 aromatic carbocycles. The molecule has 1 unspecified atom stereocenters. The fourth-order valence-corrected chi connectivity index (χ4v) is 1.27. The van der Waals surface area contributed by atoms with Gasteiger partial charge < -0.3 is 4.74 Å². The van der Waals surface area contributed by atoms with Crippen molar-refractivity contribution >= 4 is 21.7 Å². The molecular formula is C7H11BrO2. The van der Waals surface area contributed by atoms with Crippen LogP contribution in [0.3, 0.4) is 0 Å². The molecule has 1 fully saturated rings. The summed E-state index contributed by atoms with van der Waals surface area (Å²) in [6.45, 7) is 4.37. The molecule has 0 bridgehead atoms. The van der Waals surface area contributed by atoms with Crippen LogP contribution < -0.4 is 0 Å². The van der Waals surface area contributed by atoms with Crippen LogP contribution in [0, 0.1) is 0 Å². The van der Waals surface area contributed by atoms with Gasteiger partial charge in [-0.1, -0.05) is 15.9 Å². The highest BCUT2D eigenvalue weighted by Gasteiger charge is 2.32. The van der Waals surface area contributed by atoms with Gasteiger partial charge in [0.15, 0.2) is 5.78 Å². The summed E-state index contributed by atoms with van der Waals surface area (Å²) in [5.74, 6) is 0.247. The first kappa shape index (κ1) is 8.21. The lowest BCUT2D eigenvalue weighted by molar-refractivity contribution is -0.134. The van der Waals surface area contributed by atoms with Gasteiger partial charge in [-0.15, -0.1) is 0 Å². The number of ketones is 1. The summed E-state index contributed by atoms with van der Waals surface area (Å²) >= 11 is 3.23. The fourth-order valence-electron chi connectivity index (χ4n) is 0.973. The Bertz CT molecular complexity index is 154. The van der Waals surface area contributed by atoms with Crippen LogP contribution in [0.2, 0.25) is 0 Å². The molecule has 0 N–H and O–H groups in total. The summed E-state index contributed by atoms with van der Waals surface area (Å²) < 4.78 is 5.38. The van der Waals surface area contributed by atoms with Crippen LogP contribution in [0.4, 0.5) is 0 Å². The molecule has 0 amide bonds. The third-order valence-corrected chi connectivity index (χ3v) is 2.34. The van der Waals surface area contributed by atoms with Gasteiger partial charge in [0.25, 0.3) is 0 Å². The summed E-state index contributed by atoms with van der Waals surface area (Å²) in [7, 11) is 0. The summed E-state index contributed by atoms with van der Waals surface area (Å²) in [4.78, 5) is 11.0. The molecule has 10 heavy (non-hydrogen) atoms. The number of carbonyl (C=O) groups is 1. The molecule has 0 aromatic rings. The number of rotatable bonds is 0. The summed E-state index contributed by atoms with van der Waals surface area (Å²) in [5.41, 5.74) is -0.249. The molecule has 2 nitrogen and oxygen atoms in total. The molecule has 3 heteroatoms. The maximum absolute atomic E-state index is 11.1. The second-order valence-electron chi connectivity index (χ2n) is 3.18. The van der Waals surface area contributed by atoms with Crippen molar-refractivity contribution in [2.75, 3.05) is 6.61 Å². The normalized spacial score (nSPS) is 32.3. The number of halogens is 1. The molecule has 0 aliphatic carbocycles. The van der Waals surface area contributed by atoms with E-state index < -0.39 is 0 Å². The predicted octanol–water partition coefficient (Wildman–Crippen LogP) is 1.52. The minimum Gasteiger partial charge on any atom is -0.373 e. The summed E-state index contributed by atoms with van der Waals surface area (Å²) in [5, 5.41) is 0. The third-order valence-electron chi connectivity index (χ3n) is 1.57. The highest BCUT2D eigenvalue weighted by atomic mass is 79.9. The van der Waals surface area contributed by atoms with Crippen molar-refractivity contribution in [1.29, 1.82) is 0 Å². The minimum absolute atomic E-state index is 0.0828. The first-order valence-electron chi connectivity index (χ1n) is 3.32. The molecule has 1 heterocycles. The van der Waals surface area contributed by atoms with Crippen molar-refractivity contribution in [3.05, 3.63) is 0 Å². The van der Waals surface area contributed by atoms with Gasteiger partial charge in [-0.05, 0) is 13.8 Å². The summed E-state index contributed by atoms with van der Waals surface area (Å²) in [6, 6.07) is 0. The number of alkyl halides is 1. The highest BCUT2D eigenvalue weighted by molar-refractivity contribution is 9.10. The average Bonchev–Trinajstić information content (AvgIpc) is 1.79. The molecule has 0 saturated carbocycles. The maximum atomic E-state index is 11.1. The Morgan fingerprint density at radius 3 is 2.70 bits per heavy atom. The molecule has 0 spiro atoms. The van der Waals surface area contributed by atoms with Gasteiger partial charge in [0, 0.05) is 6.42 Å². The number of hydrogen-bond donors (Lipinski definition) is 0. The Labute approximate surface area is 69.1 Å². The van der Waals surface area contributed by atoms with Gasteiger partial charge >= 0.3 is 0 Å². The number of Topliss-reactive ketones (excluding diaryl/α,β-unsaturated/α-hetero) is 1. The number of ether oxygens (including phenoxy) is 1. The van der Waals surface area contributed by atoms with E-state index in [4.69, 9.17) is 4.74 Å². The van der Waals surface area contributed by atoms with Gasteiger partial charge in [0.1, 0.15) is 0 Å². The first-order valence-corrected chi connectivity index (χ1v) is 4.23. The maximum Gasteiger partial charge on any atom is 0.151 e. The van der Waals surface area contributed by atoms with E-state index in [-0.39, 0.29) is 16.2 Å². The van der Waals surface area contributed by atoms with Gasteiger partial charge in [0.05, 0.1) is 17.0 Å². The van der Waals surface area contributed by atoms with Crippen molar-refractivity contribution < 1.29 is 9.53 Å². The second-order valence-corrected chi connectivity index (χ2v) is 4.29. The highest BCUT2D eigenvalue weighted by Crippen LogP contribution is 2.24. The topological polar surface area (TPSA) is 26.3 Å². The van der Waals surface area contributed by atoms with Crippen molar-refractivity contribution in [3.8, 4) is 0 Å². The van der Waals surface area contributed by atoms with Crippen molar-refractivity contribution in [2.45, 2.75) is 30.7 Å². The van der Waals surface area contributed by atoms with Gasteiger partial charge in [-0.25, -0.2) is 0 Å². The molecule has 1 aliphatic heterocycles. The van der Waals surface area contributed by atoms with Crippen LogP contribution in [0.1, 0.15) is 20.3 Å². The molecular weight excluding hydrogens is 196 g/mol. The van der Waals surface area contributed by atoms with Crippen molar-refractivity contribution in [1.82, 2.24) is 0 Å². The van der Waals surface area contributed by atoms with Crippen LogP contribution in [0.5, 0.6) is 0 Å². The quantitative estimate of drug-likeness (QED) is 0.563. The fraction of sp³-hybridized carbons (Fsp3) is 0.857. The predicted molar refractivity (Wildman–Crippen MR) is 42.4 cm³/mol. The van der Waals surface area contributed by atoms with E-state index >= 15 is 0 Å². The lowest BCUT2D eigenvalue weighted by atomic mass is 9.97. The number of carbonyl (C=O) groups excluding carboxylic acids is 1. The molecule has 1 saturated heterocycles. The zero-order valence-corrected chi connectivity index (χ0v) is 7.77. The monoisotopic (exact) mass is 206 g/mol. The van der Waals surface area contributed by atoms with Crippen molar-refractivity contribution in [3.63, 3.8) is 0 Å². The SMILES string of the molecule is CC1(C)CC(=O)C(Br)CO1. The van der Waals surface area contributed by atoms with Crippen LogP contribution in [0.25, 0.3) is 0 Å². The third kappa shape index (κ3) is 1.80. The Kier molecular flexibility index (Phi) is 2.15. The molecule has 58 valence electrons. The Balaban J connectivity index is 2.57. The zero-order chi connectivity index (χ0) is 7.78. The van der Waals surface area contributed by atoms with Gasteiger partial charge in [-0.3, -0.25) is 4.79 Å². The van der Waals surface area contributed by atoms with Crippen LogP contribution in [-0.4, -0.2) is 22.8 Å². The second kappa shape index (κ2) is 2.62. The van der Waals surface area contributed by atoms with Gasteiger partial charge in [-0.2, -0.15) is 0 Å². The Morgan fingerprint density at radius 2 is 2.30 bits per heavy atom. The smallest absolute Gasteiger partial charge is 0.151 e. The van der Waals surface area contributed by atoms with E-state index in [0.29, 0.717) is 13.0 Å². The molecule has 1 aliphatic rings. The standard InChI is InChI=1S/C7H11BrO2/c1-7(2)3-6(9)5(8)4-10-7/h5H,3-4H2,1-2H3. The van der Waals surface area contributed by atoms with E-state index in [2.05, 4.69) is 15.9 Å². The minimum atomic E-state index is -0.249. The Morgan fingerprint density at radius 1 is 1.70 bits per heavy atom. The molecule has 0 radical (unpaired) electrons. The molecule has 1 rings (SSSR count). The van der Waals surface area contributed by atoms with Crippen LogP contribution in [0.15, 0.2) is 0 Å². The lowest BCUT2D eigenvalue weighted by Gasteiger charge is -2.31. The van der Waals surface area contributed by atoms with E-state index in [1.807, 2.05) is 13.8 Å². The zero-order valence-electron chi connectivity index (χ0n) is 6.19. The van der Waals surface area contributed by atoms with E-state index in [0.717, 1.165) is 0 Å². The van der Waals surface area contributed by atoms with Crippen molar-refractivity contribution in [2.24, 2.45) is 0 Å². The number of hydrogen-bond acceptors (Lipinski definition) is 2.